The van der Waals surface area contributed by atoms with Crippen LogP contribution in [0, 0.1) is 0 Å². The van der Waals surface area contributed by atoms with Gasteiger partial charge in [0.1, 0.15) is 0 Å². The summed E-state index contributed by atoms with van der Waals surface area (Å²) in [5.41, 5.74) is 1.40. The molecule has 0 atom stereocenters. The topological polar surface area (TPSA) is 101 Å². The maximum Gasteiger partial charge on any atom is 0.255 e. The Kier molecular flexibility index (Phi) is 7.66. The highest BCUT2D eigenvalue weighted by Gasteiger charge is 2.34. The van der Waals surface area contributed by atoms with Crippen LogP contribution in [0.5, 0.6) is 0 Å². The number of carbonyl (C=O) groups excluding carboxylic acids is 1. The van der Waals surface area contributed by atoms with Gasteiger partial charge in [0, 0.05) is 32.0 Å². The third-order valence-corrected chi connectivity index (χ3v) is 5.96. The van der Waals surface area contributed by atoms with Gasteiger partial charge >= 0.3 is 0 Å². The molecule has 1 aliphatic heterocycles. The molecule has 3 heterocycles. The van der Waals surface area contributed by atoms with Crippen molar-refractivity contribution < 1.29 is 14.6 Å². The van der Waals surface area contributed by atoms with Gasteiger partial charge in [0.2, 0.25) is 0 Å². The van der Waals surface area contributed by atoms with E-state index in [4.69, 9.17) is 4.74 Å². The molecule has 1 aliphatic rings. The van der Waals surface area contributed by atoms with Gasteiger partial charge in [-0.05, 0) is 32.6 Å². The SMILES string of the molecule is CCCC(CCC)Nc1c(C(=O)NC2(CO)CCOCC2)cnc2c1cnn2CC. The molecule has 3 rings (SSSR count). The fourth-order valence-corrected chi connectivity index (χ4v) is 4.17. The first-order chi connectivity index (χ1) is 14.6. The lowest BCUT2D eigenvalue weighted by atomic mass is 9.90. The lowest BCUT2D eigenvalue weighted by molar-refractivity contribution is 0.0125. The number of amides is 1. The average molecular weight is 418 g/mol. The number of aliphatic hydroxyl groups excluding tert-OH is 1. The smallest absolute Gasteiger partial charge is 0.255 e. The summed E-state index contributed by atoms with van der Waals surface area (Å²) in [5.74, 6) is -0.223. The first-order valence-electron chi connectivity index (χ1n) is 11.2. The van der Waals surface area contributed by atoms with Crippen LogP contribution in [0.25, 0.3) is 11.0 Å². The Bertz CT molecular complexity index is 839. The number of nitrogens with one attached hydrogen (secondary N) is 2. The predicted molar refractivity (Wildman–Crippen MR) is 118 cm³/mol. The summed E-state index contributed by atoms with van der Waals surface area (Å²) in [6.07, 6.45) is 8.79. The Morgan fingerprint density at radius 3 is 2.53 bits per heavy atom. The van der Waals surface area contributed by atoms with Crippen LogP contribution in [0.15, 0.2) is 12.4 Å². The number of aliphatic hydroxyl groups is 1. The van der Waals surface area contributed by atoms with Gasteiger partial charge in [-0.2, -0.15) is 5.10 Å². The van der Waals surface area contributed by atoms with E-state index in [0.717, 1.165) is 42.4 Å². The van der Waals surface area contributed by atoms with Crippen molar-refractivity contribution in [3.8, 4) is 0 Å². The molecule has 166 valence electrons. The number of fused-ring (bicyclic) bond motifs is 1. The van der Waals surface area contributed by atoms with Gasteiger partial charge in [-0.15, -0.1) is 0 Å². The van der Waals surface area contributed by atoms with Crippen LogP contribution >= 0.6 is 0 Å². The predicted octanol–water partition coefficient (Wildman–Crippen LogP) is 3.10. The average Bonchev–Trinajstić information content (AvgIpc) is 3.18. The molecule has 2 aromatic heterocycles. The van der Waals surface area contributed by atoms with E-state index in [2.05, 4.69) is 34.6 Å². The van der Waals surface area contributed by atoms with Crippen molar-refractivity contribution in [3.05, 3.63) is 18.0 Å². The molecule has 8 heteroatoms. The minimum absolute atomic E-state index is 0.109. The van der Waals surface area contributed by atoms with Crippen LogP contribution in [0.1, 0.15) is 69.7 Å². The molecular formula is C22H35N5O3. The number of pyridine rings is 1. The van der Waals surface area contributed by atoms with Crippen molar-refractivity contribution in [3.63, 3.8) is 0 Å². The van der Waals surface area contributed by atoms with Crippen LogP contribution in [-0.2, 0) is 11.3 Å². The zero-order valence-electron chi connectivity index (χ0n) is 18.4. The highest BCUT2D eigenvalue weighted by molar-refractivity contribution is 6.06. The van der Waals surface area contributed by atoms with Crippen molar-refractivity contribution in [1.29, 1.82) is 0 Å². The largest absolute Gasteiger partial charge is 0.394 e. The Morgan fingerprint density at radius 2 is 1.93 bits per heavy atom. The molecule has 30 heavy (non-hydrogen) atoms. The quantitative estimate of drug-likeness (QED) is 0.549. The molecule has 0 aromatic carbocycles. The normalized spacial score (nSPS) is 16.2. The second kappa shape index (κ2) is 10.2. The Morgan fingerprint density at radius 1 is 1.23 bits per heavy atom. The van der Waals surface area contributed by atoms with E-state index in [0.29, 0.717) is 38.2 Å². The summed E-state index contributed by atoms with van der Waals surface area (Å²) in [5, 5.41) is 22.0. The first kappa shape index (κ1) is 22.5. The standard InChI is InChI=1S/C22H35N5O3/c1-4-7-16(8-5-2)25-19-17-14-24-27(6-3)20(17)23-13-18(19)21(29)26-22(15-28)9-11-30-12-10-22/h13-14,16,28H,4-12,15H2,1-3H3,(H,23,25)(H,26,29). The maximum absolute atomic E-state index is 13.3. The fourth-order valence-electron chi connectivity index (χ4n) is 4.17. The number of ether oxygens (including phenoxy) is 1. The molecule has 0 spiro atoms. The summed E-state index contributed by atoms with van der Waals surface area (Å²) in [7, 11) is 0. The highest BCUT2D eigenvalue weighted by atomic mass is 16.5. The maximum atomic E-state index is 13.3. The molecule has 0 bridgehead atoms. The van der Waals surface area contributed by atoms with E-state index in [1.165, 1.54) is 0 Å². The Balaban J connectivity index is 1.98. The zero-order valence-corrected chi connectivity index (χ0v) is 18.4. The van der Waals surface area contributed by atoms with Crippen LogP contribution in [0.2, 0.25) is 0 Å². The Labute approximate surface area is 178 Å². The third-order valence-electron chi connectivity index (χ3n) is 5.96. The molecule has 1 amide bonds. The highest BCUT2D eigenvalue weighted by Crippen LogP contribution is 2.29. The van der Waals surface area contributed by atoms with Gasteiger partial charge in [-0.1, -0.05) is 26.7 Å². The number of carbonyl (C=O) groups is 1. The molecule has 0 unspecified atom stereocenters. The summed E-state index contributed by atoms with van der Waals surface area (Å²) in [6, 6.07) is 0.275. The van der Waals surface area contributed by atoms with Crippen LogP contribution in [-0.4, -0.2) is 57.2 Å². The van der Waals surface area contributed by atoms with Crippen molar-refractivity contribution in [1.82, 2.24) is 20.1 Å². The molecular weight excluding hydrogens is 382 g/mol. The molecule has 2 aromatic rings. The second-order valence-corrected chi connectivity index (χ2v) is 8.17. The molecule has 0 radical (unpaired) electrons. The van der Waals surface area contributed by atoms with Crippen LogP contribution in [0.3, 0.4) is 0 Å². The Hall–Kier alpha value is -2.19. The first-order valence-corrected chi connectivity index (χ1v) is 11.2. The minimum Gasteiger partial charge on any atom is -0.394 e. The van der Waals surface area contributed by atoms with Gasteiger partial charge in [-0.25, -0.2) is 9.67 Å². The van der Waals surface area contributed by atoms with E-state index >= 15 is 0 Å². The lowest BCUT2D eigenvalue weighted by Crippen LogP contribution is -2.54. The lowest BCUT2D eigenvalue weighted by Gasteiger charge is -2.36. The summed E-state index contributed by atoms with van der Waals surface area (Å²) in [4.78, 5) is 17.9. The molecule has 0 saturated carbocycles. The number of hydrogen-bond acceptors (Lipinski definition) is 6. The molecule has 1 fully saturated rings. The number of anilines is 1. The number of nitrogens with zero attached hydrogens (tertiary/aromatic N) is 3. The monoisotopic (exact) mass is 417 g/mol. The van der Waals surface area contributed by atoms with Crippen LogP contribution < -0.4 is 10.6 Å². The zero-order chi connectivity index (χ0) is 21.6. The summed E-state index contributed by atoms with van der Waals surface area (Å²) in [6.45, 7) is 8.03. The fraction of sp³-hybridized carbons (Fsp3) is 0.682. The van der Waals surface area contributed by atoms with Gasteiger partial charge in [0.05, 0.1) is 35.0 Å². The summed E-state index contributed by atoms with van der Waals surface area (Å²) < 4.78 is 7.26. The third kappa shape index (κ3) is 4.75. The van der Waals surface area contributed by atoms with E-state index in [-0.39, 0.29) is 18.6 Å². The summed E-state index contributed by atoms with van der Waals surface area (Å²) >= 11 is 0. The van der Waals surface area contributed by atoms with Crippen molar-refractivity contribution in [2.24, 2.45) is 0 Å². The van der Waals surface area contributed by atoms with Crippen molar-refractivity contribution in [2.45, 2.75) is 77.4 Å². The number of aryl methyl sites for hydroxylation is 1. The molecule has 8 nitrogen and oxygen atoms in total. The van der Waals surface area contributed by atoms with E-state index in [9.17, 15) is 9.90 Å². The van der Waals surface area contributed by atoms with Crippen LogP contribution in [0.4, 0.5) is 5.69 Å². The molecule has 3 N–H and O–H groups in total. The number of hydrogen-bond donors (Lipinski definition) is 3. The molecule has 1 saturated heterocycles. The minimum atomic E-state index is -0.651. The van der Waals surface area contributed by atoms with Crippen molar-refractivity contribution >= 4 is 22.6 Å². The van der Waals surface area contributed by atoms with Gasteiger partial charge in [0.25, 0.3) is 5.91 Å². The van der Waals surface area contributed by atoms with Gasteiger partial charge in [0.15, 0.2) is 5.65 Å². The van der Waals surface area contributed by atoms with Gasteiger partial charge < -0.3 is 20.5 Å². The number of rotatable bonds is 10. The molecule has 0 aliphatic carbocycles. The van der Waals surface area contributed by atoms with Crippen molar-refractivity contribution in [2.75, 3.05) is 25.1 Å². The number of aromatic nitrogens is 3. The van der Waals surface area contributed by atoms with E-state index < -0.39 is 5.54 Å². The second-order valence-electron chi connectivity index (χ2n) is 8.17. The van der Waals surface area contributed by atoms with E-state index in [1.54, 1.807) is 12.4 Å². The van der Waals surface area contributed by atoms with Gasteiger partial charge in [-0.3, -0.25) is 4.79 Å². The van der Waals surface area contributed by atoms with E-state index in [1.807, 2.05) is 11.6 Å².